The normalized spacial score (nSPS) is 12.4. The van der Waals surface area contributed by atoms with Crippen molar-refractivity contribution >= 4 is 21.2 Å². The van der Waals surface area contributed by atoms with Crippen molar-refractivity contribution in [3.05, 3.63) is 18.2 Å². The molecule has 1 aromatic rings. The van der Waals surface area contributed by atoms with Crippen LogP contribution >= 0.6 is 0 Å². The summed E-state index contributed by atoms with van der Waals surface area (Å²) in [6.07, 6.45) is -3.47. The topological polar surface area (TPSA) is 72.2 Å². The van der Waals surface area contributed by atoms with Crippen molar-refractivity contribution in [2.75, 3.05) is 23.9 Å². The summed E-state index contributed by atoms with van der Waals surface area (Å²) in [6, 6.07) is 4.24. The lowest BCUT2D eigenvalue weighted by Crippen LogP contribution is -2.09. The van der Waals surface area contributed by atoms with Crippen LogP contribution in [-0.4, -0.2) is 27.4 Å². The first-order chi connectivity index (χ1) is 9.09. The van der Waals surface area contributed by atoms with Crippen LogP contribution in [0, 0.1) is 0 Å². The van der Waals surface area contributed by atoms with Gasteiger partial charge in [0.15, 0.2) is 9.84 Å². The molecule has 0 saturated carbocycles. The molecule has 0 bridgehead atoms. The molecule has 114 valence electrons. The van der Waals surface area contributed by atoms with E-state index in [1.807, 2.05) is 0 Å². The van der Waals surface area contributed by atoms with Crippen LogP contribution < -0.4 is 11.1 Å². The molecular weight excluding hydrogens is 293 g/mol. The third kappa shape index (κ3) is 5.68. The average Bonchev–Trinajstić information content (AvgIpc) is 2.27. The smallest absolute Gasteiger partial charge is 0.389 e. The first kappa shape index (κ1) is 16.6. The van der Waals surface area contributed by atoms with Crippen LogP contribution in [0.4, 0.5) is 24.5 Å². The number of nitrogens with one attached hydrogen (secondary N) is 1. The predicted molar refractivity (Wildman–Crippen MR) is 72.4 cm³/mol. The first-order valence-corrected chi connectivity index (χ1v) is 7.89. The second-order valence-electron chi connectivity index (χ2n) is 4.52. The number of halogens is 3. The van der Waals surface area contributed by atoms with E-state index in [1.165, 1.54) is 18.2 Å². The standard InChI is InChI=1S/C12H17F3N2O2S/c1-20(18,19)9-4-5-11(10(16)8-9)17-7-3-2-6-12(13,14)15/h4-5,8,17H,2-3,6-7,16H2,1H3. The molecular formula is C12H17F3N2O2S. The summed E-state index contributed by atoms with van der Waals surface area (Å²) < 4.78 is 58.4. The zero-order valence-corrected chi connectivity index (χ0v) is 11.8. The molecule has 0 aromatic heterocycles. The van der Waals surface area contributed by atoms with Crippen LogP contribution in [0.25, 0.3) is 0 Å². The fourth-order valence-electron chi connectivity index (χ4n) is 1.61. The highest BCUT2D eigenvalue weighted by Crippen LogP contribution is 2.24. The van der Waals surface area contributed by atoms with E-state index in [-0.39, 0.29) is 17.0 Å². The number of nitrogens with two attached hydrogens (primary N) is 1. The Morgan fingerprint density at radius 3 is 2.40 bits per heavy atom. The summed E-state index contributed by atoms with van der Waals surface area (Å²) in [5, 5.41) is 2.89. The number of rotatable bonds is 6. The number of sulfone groups is 1. The molecule has 0 unspecified atom stereocenters. The number of anilines is 2. The summed E-state index contributed by atoms with van der Waals surface area (Å²) in [6.45, 7) is 0.346. The Labute approximate surface area is 116 Å². The maximum absolute atomic E-state index is 11.9. The zero-order valence-electron chi connectivity index (χ0n) is 11.0. The maximum atomic E-state index is 11.9. The molecule has 1 rings (SSSR count). The van der Waals surface area contributed by atoms with Crippen molar-refractivity contribution in [1.29, 1.82) is 0 Å². The number of benzene rings is 1. The van der Waals surface area contributed by atoms with Crippen LogP contribution in [0.15, 0.2) is 23.1 Å². The molecule has 0 radical (unpaired) electrons. The molecule has 8 heteroatoms. The zero-order chi connectivity index (χ0) is 15.4. The van der Waals surface area contributed by atoms with Gasteiger partial charge in [0.25, 0.3) is 0 Å². The lowest BCUT2D eigenvalue weighted by atomic mass is 10.2. The molecule has 0 amide bonds. The Kier molecular flexibility index (Phi) is 5.27. The van der Waals surface area contributed by atoms with E-state index in [1.54, 1.807) is 0 Å². The van der Waals surface area contributed by atoms with Gasteiger partial charge < -0.3 is 11.1 Å². The van der Waals surface area contributed by atoms with Gasteiger partial charge in [-0.3, -0.25) is 0 Å². The van der Waals surface area contributed by atoms with Crippen LogP contribution in [0.2, 0.25) is 0 Å². The Morgan fingerprint density at radius 1 is 1.25 bits per heavy atom. The van der Waals surface area contributed by atoms with Crippen LogP contribution in [0.1, 0.15) is 19.3 Å². The van der Waals surface area contributed by atoms with E-state index < -0.39 is 22.4 Å². The third-order valence-electron chi connectivity index (χ3n) is 2.65. The van der Waals surface area contributed by atoms with Crippen molar-refractivity contribution < 1.29 is 21.6 Å². The Hall–Kier alpha value is -1.44. The third-order valence-corrected chi connectivity index (χ3v) is 3.76. The van der Waals surface area contributed by atoms with Crippen molar-refractivity contribution in [3.63, 3.8) is 0 Å². The van der Waals surface area contributed by atoms with E-state index in [9.17, 15) is 21.6 Å². The van der Waals surface area contributed by atoms with E-state index >= 15 is 0 Å². The largest absolute Gasteiger partial charge is 0.397 e. The molecule has 0 atom stereocenters. The van der Waals surface area contributed by atoms with Gasteiger partial charge in [-0.2, -0.15) is 13.2 Å². The van der Waals surface area contributed by atoms with Gasteiger partial charge in [-0.25, -0.2) is 8.42 Å². The second kappa shape index (κ2) is 6.34. The Morgan fingerprint density at radius 2 is 1.90 bits per heavy atom. The van der Waals surface area contributed by atoms with Crippen molar-refractivity contribution in [3.8, 4) is 0 Å². The van der Waals surface area contributed by atoms with E-state index in [4.69, 9.17) is 5.73 Å². The van der Waals surface area contributed by atoms with Gasteiger partial charge in [0.05, 0.1) is 16.3 Å². The van der Waals surface area contributed by atoms with Crippen molar-refractivity contribution in [1.82, 2.24) is 0 Å². The molecule has 0 aliphatic carbocycles. The molecule has 0 fully saturated rings. The van der Waals surface area contributed by atoms with E-state index in [2.05, 4.69) is 5.32 Å². The summed E-state index contributed by atoms with van der Waals surface area (Å²) in [5.74, 6) is 0. The molecule has 0 spiro atoms. The van der Waals surface area contributed by atoms with Crippen molar-refractivity contribution in [2.24, 2.45) is 0 Å². The monoisotopic (exact) mass is 310 g/mol. The SMILES string of the molecule is CS(=O)(=O)c1ccc(NCCCCC(F)(F)F)c(N)c1. The minimum absolute atomic E-state index is 0.0395. The van der Waals surface area contributed by atoms with Crippen LogP contribution in [-0.2, 0) is 9.84 Å². The van der Waals surface area contributed by atoms with Crippen LogP contribution in [0.5, 0.6) is 0 Å². The Balaban J connectivity index is 2.50. The number of hydrogen-bond acceptors (Lipinski definition) is 4. The fraction of sp³-hybridized carbons (Fsp3) is 0.500. The Bertz CT molecular complexity index is 556. The molecule has 4 nitrogen and oxygen atoms in total. The van der Waals surface area contributed by atoms with Crippen molar-refractivity contribution in [2.45, 2.75) is 30.3 Å². The van der Waals surface area contributed by atoms with Gasteiger partial charge in [-0.05, 0) is 31.0 Å². The van der Waals surface area contributed by atoms with Gasteiger partial charge in [0.1, 0.15) is 0 Å². The van der Waals surface area contributed by atoms with Gasteiger partial charge in [0.2, 0.25) is 0 Å². The molecule has 20 heavy (non-hydrogen) atoms. The fourth-order valence-corrected chi connectivity index (χ4v) is 2.26. The molecule has 1 aromatic carbocycles. The minimum atomic E-state index is -4.13. The highest BCUT2D eigenvalue weighted by molar-refractivity contribution is 7.90. The van der Waals surface area contributed by atoms with Gasteiger partial charge in [0, 0.05) is 19.2 Å². The molecule has 0 heterocycles. The molecule has 3 N–H and O–H groups in total. The summed E-state index contributed by atoms with van der Waals surface area (Å²) >= 11 is 0. The lowest BCUT2D eigenvalue weighted by Gasteiger charge is -2.11. The number of alkyl halides is 3. The summed E-state index contributed by atoms with van der Waals surface area (Å²) in [4.78, 5) is 0.109. The number of hydrogen-bond donors (Lipinski definition) is 2. The quantitative estimate of drug-likeness (QED) is 0.626. The average molecular weight is 310 g/mol. The highest BCUT2D eigenvalue weighted by atomic mass is 32.2. The lowest BCUT2D eigenvalue weighted by molar-refractivity contribution is -0.135. The minimum Gasteiger partial charge on any atom is -0.397 e. The van der Waals surface area contributed by atoms with Gasteiger partial charge in [-0.1, -0.05) is 0 Å². The second-order valence-corrected chi connectivity index (χ2v) is 6.54. The molecule has 0 aliphatic rings. The van der Waals surface area contributed by atoms with Gasteiger partial charge in [-0.15, -0.1) is 0 Å². The van der Waals surface area contributed by atoms with Crippen LogP contribution in [0.3, 0.4) is 0 Å². The van der Waals surface area contributed by atoms with E-state index in [0.29, 0.717) is 18.7 Å². The maximum Gasteiger partial charge on any atom is 0.389 e. The van der Waals surface area contributed by atoms with E-state index in [0.717, 1.165) is 6.26 Å². The summed E-state index contributed by atoms with van der Waals surface area (Å²) in [7, 11) is -3.32. The first-order valence-electron chi connectivity index (χ1n) is 6.00. The van der Waals surface area contributed by atoms with Gasteiger partial charge >= 0.3 is 6.18 Å². The molecule has 0 saturated heterocycles. The summed E-state index contributed by atoms with van der Waals surface area (Å²) in [5.41, 5.74) is 6.47. The predicted octanol–water partition coefficient (Wildman–Crippen LogP) is 2.82. The number of unbranched alkanes of at least 4 members (excludes halogenated alkanes) is 1. The number of nitrogen functional groups attached to an aromatic ring is 1. The highest BCUT2D eigenvalue weighted by Gasteiger charge is 2.25. The molecule has 0 aliphatic heterocycles.